The molecular weight excluding hydrogens is 201 g/mol. The highest BCUT2D eigenvalue weighted by atomic mass is 19.1. The minimum absolute atomic E-state index is 0.0628. The summed E-state index contributed by atoms with van der Waals surface area (Å²) in [4.78, 5) is 0. The Morgan fingerprint density at radius 1 is 1.44 bits per heavy atom. The summed E-state index contributed by atoms with van der Waals surface area (Å²) in [5.74, 6) is -0.0628. The zero-order valence-electron chi connectivity index (χ0n) is 10.1. The predicted molar refractivity (Wildman–Crippen MR) is 65.1 cm³/mol. The number of aryl methyl sites for hydroxylation is 1. The van der Waals surface area contributed by atoms with Crippen molar-refractivity contribution in [2.75, 3.05) is 6.54 Å². The molecule has 1 unspecified atom stereocenters. The number of hydrogen-bond acceptors (Lipinski definition) is 1. The molecule has 0 spiro atoms. The van der Waals surface area contributed by atoms with Crippen molar-refractivity contribution in [3.8, 4) is 0 Å². The molecule has 1 aliphatic heterocycles. The minimum Gasteiger partial charge on any atom is -0.311 e. The second-order valence-corrected chi connectivity index (χ2v) is 4.94. The summed E-state index contributed by atoms with van der Waals surface area (Å²) in [6, 6.07) is 5.40. The van der Waals surface area contributed by atoms with E-state index in [1.54, 1.807) is 6.07 Å². The van der Waals surface area contributed by atoms with Crippen molar-refractivity contribution in [1.82, 2.24) is 5.32 Å². The fourth-order valence-electron chi connectivity index (χ4n) is 2.65. The fraction of sp³-hybridized carbons (Fsp3) is 0.571. The second-order valence-electron chi connectivity index (χ2n) is 4.94. The number of hydrogen-bond donors (Lipinski definition) is 1. The molecule has 1 aromatic carbocycles. The number of halogens is 1. The van der Waals surface area contributed by atoms with E-state index in [1.807, 2.05) is 19.1 Å². The van der Waals surface area contributed by atoms with Crippen molar-refractivity contribution in [2.24, 2.45) is 0 Å². The third kappa shape index (κ3) is 2.27. The molecule has 1 nitrogen and oxygen atoms in total. The molecule has 0 aliphatic carbocycles. The quantitative estimate of drug-likeness (QED) is 0.826. The minimum atomic E-state index is -0.0628. The van der Waals surface area contributed by atoms with E-state index >= 15 is 0 Å². The molecule has 2 heteroatoms. The van der Waals surface area contributed by atoms with Gasteiger partial charge in [0, 0.05) is 5.54 Å². The maximum atomic E-state index is 13.7. The molecule has 2 rings (SSSR count). The lowest BCUT2D eigenvalue weighted by molar-refractivity contribution is 0.354. The van der Waals surface area contributed by atoms with Gasteiger partial charge in [0.15, 0.2) is 0 Å². The molecule has 0 saturated carbocycles. The molecule has 0 radical (unpaired) electrons. The molecule has 1 aromatic rings. The van der Waals surface area contributed by atoms with E-state index in [9.17, 15) is 4.39 Å². The van der Waals surface area contributed by atoms with Gasteiger partial charge in [0.2, 0.25) is 0 Å². The van der Waals surface area contributed by atoms with Crippen LogP contribution >= 0.6 is 0 Å². The third-order valence-electron chi connectivity index (χ3n) is 3.74. The molecule has 1 heterocycles. The Morgan fingerprint density at radius 3 is 2.88 bits per heavy atom. The van der Waals surface area contributed by atoms with Crippen molar-refractivity contribution in [3.05, 3.63) is 35.1 Å². The lowest BCUT2D eigenvalue weighted by Gasteiger charge is -2.28. The van der Waals surface area contributed by atoms with Crippen LogP contribution in [0.2, 0.25) is 0 Å². The summed E-state index contributed by atoms with van der Waals surface area (Å²) in [7, 11) is 0. The van der Waals surface area contributed by atoms with Crippen LogP contribution in [-0.2, 0) is 6.42 Å². The van der Waals surface area contributed by atoms with Crippen LogP contribution in [-0.4, -0.2) is 12.1 Å². The van der Waals surface area contributed by atoms with E-state index in [0.717, 1.165) is 36.9 Å². The van der Waals surface area contributed by atoms with E-state index < -0.39 is 0 Å². The summed E-state index contributed by atoms with van der Waals surface area (Å²) in [6.07, 6.45) is 4.26. The fourth-order valence-corrected chi connectivity index (χ4v) is 2.65. The van der Waals surface area contributed by atoms with E-state index in [-0.39, 0.29) is 11.4 Å². The molecule has 16 heavy (non-hydrogen) atoms. The van der Waals surface area contributed by atoms with Gasteiger partial charge in [0.25, 0.3) is 0 Å². The molecule has 88 valence electrons. The highest BCUT2D eigenvalue weighted by Gasteiger charge is 2.32. The van der Waals surface area contributed by atoms with Gasteiger partial charge in [-0.15, -0.1) is 0 Å². The zero-order chi connectivity index (χ0) is 11.6. The first kappa shape index (κ1) is 11.6. The first-order valence-electron chi connectivity index (χ1n) is 6.15. The number of rotatable bonds is 3. The summed E-state index contributed by atoms with van der Waals surface area (Å²) in [5, 5.41) is 3.55. The maximum absolute atomic E-state index is 13.7. The lowest BCUT2D eigenvalue weighted by Crippen LogP contribution is -2.41. The Hall–Kier alpha value is -0.890. The van der Waals surface area contributed by atoms with Crippen molar-refractivity contribution in [3.63, 3.8) is 0 Å². The van der Waals surface area contributed by atoms with E-state index in [2.05, 4.69) is 12.2 Å². The highest BCUT2D eigenvalue weighted by Crippen LogP contribution is 2.28. The average molecular weight is 221 g/mol. The van der Waals surface area contributed by atoms with Gasteiger partial charge >= 0.3 is 0 Å². The lowest BCUT2D eigenvalue weighted by atomic mass is 9.86. The monoisotopic (exact) mass is 221 g/mol. The van der Waals surface area contributed by atoms with Crippen molar-refractivity contribution in [1.29, 1.82) is 0 Å². The van der Waals surface area contributed by atoms with Gasteiger partial charge in [0.1, 0.15) is 5.82 Å². The van der Waals surface area contributed by atoms with Gasteiger partial charge in [-0.25, -0.2) is 4.39 Å². The molecule has 0 aromatic heterocycles. The van der Waals surface area contributed by atoms with Crippen LogP contribution in [0.5, 0.6) is 0 Å². The smallest absolute Gasteiger partial charge is 0.126 e. The largest absolute Gasteiger partial charge is 0.311 e. The average Bonchev–Trinajstić information content (AvgIpc) is 2.73. The summed E-state index contributed by atoms with van der Waals surface area (Å²) >= 11 is 0. The molecule has 0 amide bonds. The Kier molecular flexibility index (Phi) is 3.29. The topological polar surface area (TPSA) is 12.0 Å². The summed E-state index contributed by atoms with van der Waals surface area (Å²) in [5.41, 5.74) is 2.13. The summed E-state index contributed by atoms with van der Waals surface area (Å²) in [6.45, 7) is 5.27. The van der Waals surface area contributed by atoms with Gasteiger partial charge in [-0.3, -0.25) is 0 Å². The van der Waals surface area contributed by atoms with Crippen molar-refractivity contribution >= 4 is 0 Å². The third-order valence-corrected chi connectivity index (χ3v) is 3.74. The Labute approximate surface area is 97.1 Å². The van der Waals surface area contributed by atoms with Crippen LogP contribution in [0.1, 0.15) is 37.3 Å². The Bertz CT molecular complexity index is 367. The van der Waals surface area contributed by atoms with Gasteiger partial charge in [0.05, 0.1) is 0 Å². The number of nitrogens with one attached hydrogen (secondary N) is 1. The molecule has 0 bridgehead atoms. The predicted octanol–water partition coefficient (Wildman–Crippen LogP) is 3.21. The standard InChI is InChI=1S/C14H20FN/c1-3-14(7-4-8-16-14)10-12-9-11(2)5-6-13(12)15/h5-6,9,16H,3-4,7-8,10H2,1-2H3. The van der Waals surface area contributed by atoms with Crippen molar-refractivity contribution in [2.45, 2.75) is 45.1 Å². The van der Waals surface area contributed by atoms with Gasteiger partial charge < -0.3 is 5.32 Å². The summed E-state index contributed by atoms with van der Waals surface area (Å²) < 4.78 is 13.7. The normalized spacial score (nSPS) is 24.9. The van der Waals surface area contributed by atoms with Crippen LogP contribution in [0.15, 0.2) is 18.2 Å². The molecule has 1 aliphatic rings. The van der Waals surface area contributed by atoms with E-state index in [4.69, 9.17) is 0 Å². The number of benzene rings is 1. The van der Waals surface area contributed by atoms with Crippen molar-refractivity contribution < 1.29 is 4.39 Å². The first-order chi connectivity index (χ1) is 7.65. The molecule has 1 saturated heterocycles. The van der Waals surface area contributed by atoms with Crippen LogP contribution in [0.25, 0.3) is 0 Å². The Balaban J connectivity index is 2.21. The molecular formula is C14H20FN. The van der Waals surface area contributed by atoms with Gasteiger partial charge in [-0.2, -0.15) is 0 Å². The second kappa shape index (κ2) is 4.54. The van der Waals surface area contributed by atoms with E-state index in [1.165, 1.54) is 6.42 Å². The van der Waals surface area contributed by atoms with Crippen LogP contribution in [0.4, 0.5) is 4.39 Å². The van der Waals surface area contributed by atoms with Crippen LogP contribution < -0.4 is 5.32 Å². The van der Waals surface area contributed by atoms with E-state index in [0.29, 0.717) is 0 Å². The first-order valence-corrected chi connectivity index (χ1v) is 6.15. The molecule has 1 N–H and O–H groups in total. The van der Waals surface area contributed by atoms with Crippen LogP contribution in [0.3, 0.4) is 0 Å². The van der Waals surface area contributed by atoms with Gasteiger partial charge in [-0.1, -0.05) is 24.6 Å². The highest BCUT2D eigenvalue weighted by molar-refractivity contribution is 5.26. The van der Waals surface area contributed by atoms with Crippen LogP contribution in [0, 0.1) is 12.7 Å². The molecule has 1 atom stereocenters. The Morgan fingerprint density at radius 2 is 2.25 bits per heavy atom. The zero-order valence-corrected chi connectivity index (χ0v) is 10.1. The SMILES string of the molecule is CCC1(Cc2cc(C)ccc2F)CCCN1. The van der Waals surface area contributed by atoms with Gasteiger partial charge in [-0.05, 0) is 50.8 Å². The molecule has 1 fully saturated rings. The maximum Gasteiger partial charge on any atom is 0.126 e.